The summed E-state index contributed by atoms with van der Waals surface area (Å²) in [5, 5.41) is 21.7. The third-order valence-electron chi connectivity index (χ3n) is 7.45. The van der Waals surface area contributed by atoms with Gasteiger partial charge in [-0.05, 0) is 50.7 Å². The summed E-state index contributed by atoms with van der Waals surface area (Å²) < 4.78 is 1.75. The topological polar surface area (TPSA) is 129 Å². The molecule has 192 valence electrons. The van der Waals surface area contributed by atoms with Crippen molar-refractivity contribution in [3.8, 4) is 5.75 Å². The number of pyridine rings is 1. The smallest absolute Gasteiger partial charge is 0.276 e. The van der Waals surface area contributed by atoms with Crippen LogP contribution in [0.15, 0.2) is 28.0 Å². The van der Waals surface area contributed by atoms with Crippen LogP contribution in [0.4, 0.5) is 17.1 Å². The van der Waals surface area contributed by atoms with E-state index in [1.165, 1.54) is 17.2 Å². The van der Waals surface area contributed by atoms with Gasteiger partial charge in [0.1, 0.15) is 11.4 Å². The normalized spacial score (nSPS) is 15.9. The van der Waals surface area contributed by atoms with Crippen molar-refractivity contribution in [3.05, 3.63) is 55.9 Å². The molecule has 1 aromatic carbocycles. The maximum atomic E-state index is 12.7. The quantitative estimate of drug-likeness (QED) is 0.407. The van der Waals surface area contributed by atoms with E-state index in [2.05, 4.69) is 27.6 Å². The molecule has 2 heterocycles. The summed E-state index contributed by atoms with van der Waals surface area (Å²) in [5.41, 5.74) is 0.594. The number of aromatic hydroxyl groups is 1. The van der Waals surface area contributed by atoms with Crippen LogP contribution in [0, 0.1) is 12.3 Å². The van der Waals surface area contributed by atoms with Gasteiger partial charge in [-0.25, -0.2) is 4.98 Å². The van der Waals surface area contributed by atoms with E-state index in [1.54, 1.807) is 11.7 Å². The molecule has 10 nitrogen and oxygen atoms in total. The lowest BCUT2D eigenvalue weighted by Crippen LogP contribution is -2.40. The van der Waals surface area contributed by atoms with Crippen molar-refractivity contribution >= 4 is 23.0 Å². The van der Waals surface area contributed by atoms with Gasteiger partial charge >= 0.3 is 0 Å². The van der Waals surface area contributed by atoms with E-state index in [9.17, 15) is 19.5 Å². The molecular weight excluding hydrogens is 460 g/mol. The standard InChI is InChI=1S/C26H34N6O4/c1-14(2)32(6)25(36)20-21(33)16(9-12-27-20)28-18-19(23(35)22(18)34)29-24(26(4)10-7-8-11-26)17-15(3)13-31(5)30-17/h9,12-14,24,29,33H,7-8,10-11H2,1-6H3,(H,27,28). The molecule has 1 aliphatic rings. The summed E-state index contributed by atoms with van der Waals surface area (Å²) in [6.45, 7) is 7.87. The molecule has 3 N–H and O–H groups in total. The molecule has 0 spiro atoms. The van der Waals surface area contributed by atoms with Crippen molar-refractivity contribution in [1.29, 1.82) is 0 Å². The number of nitrogens with zero attached hydrogens (tertiary/aromatic N) is 4. The van der Waals surface area contributed by atoms with E-state index in [4.69, 9.17) is 0 Å². The molecule has 10 heteroatoms. The fourth-order valence-corrected chi connectivity index (χ4v) is 4.99. The zero-order valence-corrected chi connectivity index (χ0v) is 21.7. The van der Waals surface area contributed by atoms with Gasteiger partial charge in [0.2, 0.25) is 0 Å². The SMILES string of the molecule is Cc1cn(C)nc1C(Nc1c(Nc2ccnc(C(=O)N(C)C(C)C)c2O)c(=O)c1=O)C1(C)CCCC1. The molecule has 3 aromatic rings. The Morgan fingerprint density at radius 1 is 1.19 bits per heavy atom. The Morgan fingerprint density at radius 3 is 2.42 bits per heavy atom. The molecule has 1 unspecified atom stereocenters. The Bertz CT molecular complexity index is 1360. The summed E-state index contributed by atoms with van der Waals surface area (Å²) in [6, 6.07) is 1.09. The highest BCUT2D eigenvalue weighted by molar-refractivity contribution is 5.97. The number of aromatic nitrogens is 3. The highest BCUT2D eigenvalue weighted by atomic mass is 16.3. The molecule has 1 amide bonds. The van der Waals surface area contributed by atoms with Crippen LogP contribution < -0.4 is 21.5 Å². The van der Waals surface area contributed by atoms with Gasteiger partial charge in [-0.1, -0.05) is 19.8 Å². The Balaban J connectivity index is 1.68. The number of amides is 1. The average molecular weight is 495 g/mol. The van der Waals surface area contributed by atoms with Crippen LogP contribution in [0.1, 0.15) is 74.2 Å². The number of carbonyl (C=O) groups is 1. The molecule has 0 bridgehead atoms. The van der Waals surface area contributed by atoms with E-state index >= 15 is 0 Å². The van der Waals surface area contributed by atoms with Gasteiger partial charge in [-0.2, -0.15) is 5.10 Å². The first-order valence-corrected chi connectivity index (χ1v) is 12.3. The van der Waals surface area contributed by atoms with Crippen LogP contribution in [0.2, 0.25) is 0 Å². The van der Waals surface area contributed by atoms with E-state index in [0.717, 1.165) is 36.9 Å². The minimum Gasteiger partial charge on any atom is -0.504 e. The Morgan fingerprint density at radius 2 is 1.83 bits per heavy atom. The third-order valence-corrected chi connectivity index (χ3v) is 7.45. The van der Waals surface area contributed by atoms with E-state index in [0.29, 0.717) is 0 Å². The van der Waals surface area contributed by atoms with Crippen LogP contribution in [-0.4, -0.2) is 43.8 Å². The van der Waals surface area contributed by atoms with E-state index < -0.39 is 16.8 Å². The number of rotatable bonds is 8. The van der Waals surface area contributed by atoms with Crippen LogP contribution >= 0.6 is 0 Å². The first-order valence-electron chi connectivity index (χ1n) is 12.3. The van der Waals surface area contributed by atoms with Crippen molar-refractivity contribution in [2.45, 2.75) is 65.5 Å². The minimum absolute atomic E-state index is 0.0531. The first-order chi connectivity index (χ1) is 16.9. The zero-order valence-electron chi connectivity index (χ0n) is 21.7. The highest BCUT2D eigenvalue weighted by Crippen LogP contribution is 2.49. The number of nitrogens with one attached hydrogen (secondary N) is 2. The largest absolute Gasteiger partial charge is 0.504 e. The molecule has 0 aliphatic heterocycles. The van der Waals surface area contributed by atoms with Gasteiger partial charge in [0.05, 0.1) is 17.4 Å². The second kappa shape index (κ2) is 9.40. The molecular formula is C26H34N6O4. The van der Waals surface area contributed by atoms with Gasteiger partial charge in [0.25, 0.3) is 16.8 Å². The number of hydrogen-bond acceptors (Lipinski definition) is 8. The molecule has 0 radical (unpaired) electrons. The highest BCUT2D eigenvalue weighted by Gasteiger charge is 2.41. The summed E-state index contributed by atoms with van der Waals surface area (Å²) in [6.07, 6.45) is 7.43. The lowest BCUT2D eigenvalue weighted by atomic mass is 9.78. The Labute approximate surface area is 210 Å². The zero-order chi connectivity index (χ0) is 26.4. The van der Waals surface area contributed by atoms with Crippen molar-refractivity contribution in [2.24, 2.45) is 12.5 Å². The molecule has 2 aromatic heterocycles. The monoisotopic (exact) mass is 494 g/mol. The molecule has 36 heavy (non-hydrogen) atoms. The second-order valence-electron chi connectivity index (χ2n) is 10.4. The lowest BCUT2D eigenvalue weighted by molar-refractivity contribution is 0.0746. The van der Waals surface area contributed by atoms with Crippen molar-refractivity contribution in [3.63, 3.8) is 0 Å². The van der Waals surface area contributed by atoms with Crippen LogP contribution in [-0.2, 0) is 7.05 Å². The van der Waals surface area contributed by atoms with Gasteiger partial charge in [0, 0.05) is 32.5 Å². The molecule has 1 saturated carbocycles. The summed E-state index contributed by atoms with van der Waals surface area (Å²) >= 11 is 0. The Kier molecular flexibility index (Phi) is 6.64. The molecule has 4 rings (SSSR count). The second-order valence-corrected chi connectivity index (χ2v) is 10.4. The van der Waals surface area contributed by atoms with Crippen LogP contribution in [0.5, 0.6) is 5.75 Å². The van der Waals surface area contributed by atoms with Crippen molar-refractivity contribution < 1.29 is 9.90 Å². The molecule has 1 atom stereocenters. The van der Waals surface area contributed by atoms with Crippen molar-refractivity contribution in [1.82, 2.24) is 19.7 Å². The lowest BCUT2D eigenvalue weighted by Gasteiger charge is -2.35. The van der Waals surface area contributed by atoms with Gasteiger partial charge in [-0.3, -0.25) is 19.1 Å². The van der Waals surface area contributed by atoms with E-state index in [1.807, 2.05) is 34.0 Å². The van der Waals surface area contributed by atoms with E-state index in [-0.39, 0.29) is 46.0 Å². The van der Waals surface area contributed by atoms with Crippen LogP contribution in [0.3, 0.4) is 0 Å². The van der Waals surface area contributed by atoms with Crippen molar-refractivity contribution in [2.75, 3.05) is 17.7 Å². The number of hydrogen-bond donors (Lipinski definition) is 3. The first kappa shape index (κ1) is 25.4. The molecule has 1 aliphatic carbocycles. The van der Waals surface area contributed by atoms with Gasteiger partial charge in [0.15, 0.2) is 11.4 Å². The number of anilines is 3. The third kappa shape index (κ3) is 4.36. The maximum absolute atomic E-state index is 12.7. The predicted molar refractivity (Wildman–Crippen MR) is 139 cm³/mol. The minimum atomic E-state index is -0.686. The fourth-order valence-electron chi connectivity index (χ4n) is 4.99. The summed E-state index contributed by atoms with van der Waals surface area (Å²) in [5.74, 6) is -0.830. The number of carbonyl (C=O) groups excluding carboxylic acids is 1. The molecule has 1 fully saturated rings. The van der Waals surface area contributed by atoms with Gasteiger partial charge < -0.3 is 20.6 Å². The molecule has 0 saturated heterocycles. The summed E-state index contributed by atoms with van der Waals surface area (Å²) in [7, 11) is 3.48. The average Bonchev–Trinajstić information content (AvgIpc) is 3.42. The Hall–Kier alpha value is -3.69. The number of aryl methyl sites for hydroxylation is 2. The predicted octanol–water partition coefficient (Wildman–Crippen LogP) is 3.38. The maximum Gasteiger partial charge on any atom is 0.276 e. The van der Waals surface area contributed by atoms with Gasteiger partial charge in [-0.15, -0.1) is 0 Å². The fraction of sp³-hybridized carbons (Fsp3) is 0.500. The van der Waals surface area contributed by atoms with Crippen LogP contribution in [0.25, 0.3) is 0 Å². The summed E-state index contributed by atoms with van der Waals surface area (Å²) in [4.78, 5) is 43.5.